The zero-order valence-electron chi connectivity index (χ0n) is 10.5. The van der Waals surface area contributed by atoms with Crippen LogP contribution in [0, 0.1) is 3.57 Å². The lowest BCUT2D eigenvalue weighted by molar-refractivity contribution is 0.0666. The second-order valence-corrected chi connectivity index (χ2v) is 5.56. The van der Waals surface area contributed by atoms with E-state index in [1.54, 1.807) is 24.3 Å². The largest absolute Gasteiger partial charge is 0.366 e. The Labute approximate surface area is 129 Å². The van der Waals surface area contributed by atoms with Gasteiger partial charge in [-0.25, -0.2) is 0 Å². The molecule has 1 aliphatic rings. The third kappa shape index (κ3) is 2.18. The molecule has 0 aromatic heterocycles. The maximum Gasteiger partial charge on any atom is 0.263 e. The van der Waals surface area contributed by atoms with Crippen LogP contribution >= 0.6 is 22.6 Å². The molecule has 0 bridgehead atoms. The number of anilines is 1. The van der Waals surface area contributed by atoms with Crippen LogP contribution in [0.4, 0.5) is 5.69 Å². The fourth-order valence-electron chi connectivity index (χ4n) is 2.15. The summed E-state index contributed by atoms with van der Waals surface area (Å²) in [6.45, 7) is 0.173. The van der Waals surface area contributed by atoms with E-state index in [-0.39, 0.29) is 18.5 Å². The van der Waals surface area contributed by atoms with Crippen LogP contribution in [0.2, 0.25) is 0 Å². The Morgan fingerprint density at radius 3 is 2.05 bits per heavy atom. The number of carbonyl (C=O) groups excluding carboxylic acids is 2. The molecule has 0 saturated heterocycles. The lowest BCUT2D eigenvalue weighted by Crippen LogP contribution is -2.34. The third-order valence-electron chi connectivity index (χ3n) is 3.18. The third-order valence-corrected chi connectivity index (χ3v) is 4.12. The fraction of sp³-hybridized carbons (Fsp3) is 0.0667. The van der Waals surface area contributed by atoms with Crippen molar-refractivity contribution in [1.82, 2.24) is 4.90 Å². The van der Waals surface area contributed by atoms with E-state index in [9.17, 15) is 9.59 Å². The molecule has 3 rings (SSSR count). The van der Waals surface area contributed by atoms with Gasteiger partial charge in [0.1, 0.15) is 0 Å². The summed E-state index contributed by atoms with van der Waals surface area (Å²) in [5.74, 6) is -0.493. The van der Waals surface area contributed by atoms with Crippen molar-refractivity contribution in [3.63, 3.8) is 0 Å². The molecule has 0 atom stereocenters. The number of amides is 2. The Bertz CT molecular complexity index is 665. The van der Waals surface area contributed by atoms with Crippen molar-refractivity contribution in [3.8, 4) is 0 Å². The Morgan fingerprint density at radius 2 is 1.45 bits per heavy atom. The second-order valence-electron chi connectivity index (χ2n) is 4.40. The number of carbonyl (C=O) groups is 2. The van der Waals surface area contributed by atoms with E-state index in [0.29, 0.717) is 11.1 Å². The van der Waals surface area contributed by atoms with E-state index in [1.807, 2.05) is 24.3 Å². The molecule has 0 saturated carbocycles. The lowest BCUT2D eigenvalue weighted by atomic mass is 10.1. The maximum atomic E-state index is 12.2. The van der Waals surface area contributed by atoms with Gasteiger partial charge in [-0.05, 0) is 46.9 Å². The van der Waals surface area contributed by atoms with Crippen molar-refractivity contribution in [2.45, 2.75) is 0 Å². The quantitative estimate of drug-likeness (QED) is 0.660. The molecule has 1 N–H and O–H groups in total. The van der Waals surface area contributed by atoms with E-state index in [2.05, 4.69) is 27.9 Å². The van der Waals surface area contributed by atoms with Crippen LogP contribution in [0.15, 0.2) is 48.5 Å². The number of para-hydroxylation sites is 1. The minimum Gasteiger partial charge on any atom is -0.366 e. The zero-order valence-corrected chi connectivity index (χ0v) is 12.6. The minimum atomic E-state index is -0.246. The van der Waals surface area contributed by atoms with Crippen LogP contribution in [0.3, 0.4) is 0 Å². The summed E-state index contributed by atoms with van der Waals surface area (Å²) < 4.78 is 1.04. The highest BCUT2D eigenvalue weighted by Gasteiger charge is 2.34. The molecule has 1 aliphatic heterocycles. The predicted molar refractivity (Wildman–Crippen MR) is 84.6 cm³/mol. The van der Waals surface area contributed by atoms with Gasteiger partial charge in [-0.2, -0.15) is 0 Å². The number of nitrogens with one attached hydrogen (secondary N) is 1. The van der Waals surface area contributed by atoms with Crippen LogP contribution in [0.1, 0.15) is 20.7 Å². The number of imide groups is 1. The molecular weight excluding hydrogens is 367 g/mol. The summed E-state index contributed by atoms with van der Waals surface area (Å²) >= 11 is 2.21. The van der Waals surface area contributed by atoms with Crippen molar-refractivity contribution in [2.75, 3.05) is 12.0 Å². The number of halogens is 1. The first-order valence-electron chi connectivity index (χ1n) is 6.12. The molecule has 2 aromatic carbocycles. The van der Waals surface area contributed by atoms with Gasteiger partial charge in [0.25, 0.3) is 11.8 Å². The molecule has 1 heterocycles. The van der Waals surface area contributed by atoms with Crippen molar-refractivity contribution in [3.05, 3.63) is 63.2 Å². The molecule has 0 spiro atoms. The van der Waals surface area contributed by atoms with Gasteiger partial charge in [0.2, 0.25) is 0 Å². The van der Waals surface area contributed by atoms with Crippen molar-refractivity contribution in [1.29, 1.82) is 0 Å². The van der Waals surface area contributed by atoms with E-state index in [0.717, 1.165) is 9.26 Å². The van der Waals surface area contributed by atoms with Crippen LogP contribution in [0.25, 0.3) is 0 Å². The first kappa shape index (κ1) is 13.1. The molecule has 2 amide bonds. The first-order valence-corrected chi connectivity index (χ1v) is 7.20. The van der Waals surface area contributed by atoms with Crippen molar-refractivity contribution in [2.24, 2.45) is 0 Å². The standard InChI is InChI=1S/C15H11IN2O2/c16-12-7-3-4-8-13(12)17-9-18-14(19)10-5-1-2-6-11(10)15(18)20/h1-8,17H,9H2. The second kappa shape index (κ2) is 5.24. The van der Waals surface area contributed by atoms with E-state index < -0.39 is 0 Å². The summed E-state index contributed by atoms with van der Waals surface area (Å²) in [5.41, 5.74) is 1.86. The average molecular weight is 378 g/mol. The molecule has 5 heteroatoms. The Hall–Kier alpha value is -1.89. The van der Waals surface area contributed by atoms with Crippen LogP contribution in [-0.2, 0) is 0 Å². The van der Waals surface area contributed by atoms with Crippen molar-refractivity contribution >= 4 is 40.1 Å². The van der Waals surface area contributed by atoms with Gasteiger partial charge >= 0.3 is 0 Å². The summed E-state index contributed by atoms with van der Waals surface area (Å²) in [5, 5.41) is 3.13. The molecule has 0 unspecified atom stereocenters. The molecular formula is C15H11IN2O2. The summed E-state index contributed by atoms with van der Waals surface area (Å²) in [6, 6.07) is 14.6. The first-order chi connectivity index (χ1) is 9.68. The highest BCUT2D eigenvalue weighted by molar-refractivity contribution is 14.1. The Morgan fingerprint density at radius 1 is 0.900 bits per heavy atom. The van der Waals surface area contributed by atoms with Gasteiger partial charge in [0.15, 0.2) is 0 Å². The zero-order chi connectivity index (χ0) is 14.1. The van der Waals surface area contributed by atoms with Gasteiger partial charge in [-0.1, -0.05) is 24.3 Å². The molecule has 2 aromatic rings. The van der Waals surface area contributed by atoms with Crippen LogP contribution < -0.4 is 5.32 Å². The van der Waals surface area contributed by atoms with Gasteiger partial charge in [-0.3, -0.25) is 14.5 Å². The smallest absolute Gasteiger partial charge is 0.263 e. The Balaban J connectivity index is 1.79. The number of rotatable bonds is 3. The number of fused-ring (bicyclic) bond motifs is 1. The molecule has 0 fully saturated rings. The van der Waals surface area contributed by atoms with E-state index in [1.165, 1.54) is 4.90 Å². The van der Waals surface area contributed by atoms with Gasteiger partial charge in [0.05, 0.1) is 17.8 Å². The molecule has 20 heavy (non-hydrogen) atoms. The minimum absolute atomic E-state index is 0.173. The molecule has 0 radical (unpaired) electrons. The average Bonchev–Trinajstić information content (AvgIpc) is 2.71. The fourth-order valence-corrected chi connectivity index (χ4v) is 2.73. The van der Waals surface area contributed by atoms with Gasteiger partial charge in [-0.15, -0.1) is 0 Å². The SMILES string of the molecule is O=C1c2ccccc2C(=O)N1CNc1ccccc1I. The van der Waals surface area contributed by atoms with Crippen molar-refractivity contribution < 1.29 is 9.59 Å². The summed E-state index contributed by atoms with van der Waals surface area (Å²) in [6.07, 6.45) is 0. The summed E-state index contributed by atoms with van der Waals surface area (Å²) in [7, 11) is 0. The summed E-state index contributed by atoms with van der Waals surface area (Å²) in [4.78, 5) is 25.6. The number of hydrogen-bond acceptors (Lipinski definition) is 3. The normalized spacial score (nSPS) is 13.6. The highest BCUT2D eigenvalue weighted by atomic mass is 127. The lowest BCUT2D eigenvalue weighted by Gasteiger charge is -2.16. The van der Waals surface area contributed by atoms with E-state index >= 15 is 0 Å². The van der Waals surface area contributed by atoms with Gasteiger partial charge in [0, 0.05) is 9.26 Å². The molecule has 4 nitrogen and oxygen atoms in total. The molecule has 0 aliphatic carbocycles. The van der Waals surface area contributed by atoms with E-state index in [4.69, 9.17) is 0 Å². The monoisotopic (exact) mass is 378 g/mol. The number of hydrogen-bond donors (Lipinski definition) is 1. The molecule has 100 valence electrons. The number of nitrogens with zero attached hydrogens (tertiary/aromatic N) is 1. The van der Waals surface area contributed by atoms with Gasteiger partial charge < -0.3 is 5.32 Å². The van der Waals surface area contributed by atoms with Crippen LogP contribution in [0.5, 0.6) is 0 Å². The Kier molecular flexibility index (Phi) is 3.43. The maximum absolute atomic E-state index is 12.2. The van der Waals surface area contributed by atoms with Crippen LogP contribution in [-0.4, -0.2) is 23.4 Å². The topological polar surface area (TPSA) is 49.4 Å². The highest BCUT2D eigenvalue weighted by Crippen LogP contribution is 2.23. The predicted octanol–water partition coefficient (Wildman–Crippen LogP) is 2.96. The number of benzene rings is 2.